The Labute approximate surface area is 60.0 Å². The zero-order valence-electron chi connectivity index (χ0n) is 6.30. The molecule has 0 aromatic carbocycles. The predicted octanol–water partition coefficient (Wildman–Crippen LogP) is 0.823. The molecule has 0 saturated carbocycles. The van der Waals surface area contributed by atoms with Crippen LogP contribution in [0.3, 0.4) is 0 Å². The maximum absolute atomic E-state index is 12.2. The minimum atomic E-state index is -0.775. The van der Waals surface area contributed by atoms with E-state index in [1.165, 1.54) is 0 Å². The van der Waals surface area contributed by atoms with Crippen molar-refractivity contribution in [3.05, 3.63) is 0 Å². The third-order valence-corrected chi connectivity index (χ3v) is 1.64. The lowest BCUT2D eigenvalue weighted by Crippen LogP contribution is -2.52. The molecule has 3 heteroatoms. The highest BCUT2D eigenvalue weighted by molar-refractivity contribution is 5.78. The third-order valence-electron chi connectivity index (χ3n) is 1.64. The van der Waals surface area contributed by atoms with E-state index >= 15 is 0 Å². The van der Waals surface area contributed by atoms with E-state index in [4.69, 9.17) is 0 Å². The number of carbonyl (C=O) groups is 1. The molecule has 0 atom stereocenters. The van der Waals surface area contributed by atoms with Gasteiger partial charge in [-0.05, 0) is 0 Å². The molecule has 1 fully saturated rings. The van der Waals surface area contributed by atoms with Gasteiger partial charge in [0.15, 0.2) is 0 Å². The maximum Gasteiger partial charge on any atom is 0.225 e. The van der Waals surface area contributed by atoms with Gasteiger partial charge in [0, 0.05) is 5.92 Å². The van der Waals surface area contributed by atoms with Crippen molar-refractivity contribution in [2.45, 2.75) is 20.0 Å². The summed E-state index contributed by atoms with van der Waals surface area (Å²) in [5.74, 6) is 0.0707. The van der Waals surface area contributed by atoms with Crippen molar-refractivity contribution >= 4 is 5.91 Å². The van der Waals surface area contributed by atoms with Crippen molar-refractivity contribution in [3.63, 3.8) is 0 Å². The largest absolute Gasteiger partial charge is 0.337 e. The van der Waals surface area contributed by atoms with Gasteiger partial charge in [0.05, 0.1) is 13.1 Å². The highest BCUT2D eigenvalue weighted by atomic mass is 19.1. The molecule has 0 N–H and O–H groups in total. The summed E-state index contributed by atoms with van der Waals surface area (Å²) in [6.07, 6.45) is -0.775. The van der Waals surface area contributed by atoms with E-state index in [1.54, 1.807) is 4.90 Å². The molecule has 1 amide bonds. The highest BCUT2D eigenvalue weighted by Gasteiger charge is 2.31. The van der Waals surface area contributed by atoms with Gasteiger partial charge in [-0.15, -0.1) is 0 Å². The van der Waals surface area contributed by atoms with Crippen LogP contribution >= 0.6 is 0 Å². The van der Waals surface area contributed by atoms with Crippen LogP contribution in [0.4, 0.5) is 4.39 Å². The molecule has 0 bridgehead atoms. The van der Waals surface area contributed by atoms with Gasteiger partial charge in [-0.25, -0.2) is 4.39 Å². The number of hydrogen-bond acceptors (Lipinski definition) is 1. The van der Waals surface area contributed by atoms with Crippen LogP contribution in [0, 0.1) is 5.92 Å². The Hall–Kier alpha value is -0.600. The third kappa shape index (κ3) is 1.28. The molecule has 0 spiro atoms. The average Bonchev–Trinajstić information content (AvgIpc) is 1.79. The van der Waals surface area contributed by atoms with Crippen LogP contribution in [-0.2, 0) is 4.79 Å². The van der Waals surface area contributed by atoms with Crippen molar-refractivity contribution in [1.82, 2.24) is 4.90 Å². The van der Waals surface area contributed by atoms with Gasteiger partial charge >= 0.3 is 0 Å². The van der Waals surface area contributed by atoms with Crippen molar-refractivity contribution in [3.8, 4) is 0 Å². The molecule has 0 aromatic heterocycles. The molecule has 0 aromatic rings. The molecule has 10 heavy (non-hydrogen) atoms. The zero-order valence-corrected chi connectivity index (χ0v) is 6.30. The zero-order chi connectivity index (χ0) is 7.72. The van der Waals surface area contributed by atoms with Crippen LogP contribution in [0.5, 0.6) is 0 Å². The van der Waals surface area contributed by atoms with E-state index in [1.807, 2.05) is 13.8 Å². The van der Waals surface area contributed by atoms with Crippen LogP contribution in [-0.4, -0.2) is 30.1 Å². The first-order valence-electron chi connectivity index (χ1n) is 3.54. The molecule has 1 aliphatic rings. The molecule has 0 unspecified atom stereocenters. The first-order valence-corrected chi connectivity index (χ1v) is 3.54. The molecule has 0 radical (unpaired) electrons. The molecule has 58 valence electrons. The smallest absolute Gasteiger partial charge is 0.225 e. The summed E-state index contributed by atoms with van der Waals surface area (Å²) < 4.78 is 12.2. The van der Waals surface area contributed by atoms with Gasteiger partial charge in [-0.2, -0.15) is 0 Å². The number of halogens is 1. The fourth-order valence-corrected chi connectivity index (χ4v) is 0.970. The van der Waals surface area contributed by atoms with Gasteiger partial charge in [0.1, 0.15) is 6.17 Å². The van der Waals surface area contributed by atoms with Crippen LogP contribution in [0.25, 0.3) is 0 Å². The van der Waals surface area contributed by atoms with Crippen LogP contribution in [0.2, 0.25) is 0 Å². The fraction of sp³-hybridized carbons (Fsp3) is 0.857. The van der Waals surface area contributed by atoms with E-state index in [9.17, 15) is 9.18 Å². The van der Waals surface area contributed by atoms with Gasteiger partial charge in [-0.1, -0.05) is 13.8 Å². The summed E-state index contributed by atoms with van der Waals surface area (Å²) >= 11 is 0. The Balaban J connectivity index is 2.31. The summed E-state index contributed by atoms with van der Waals surface area (Å²) in [5.41, 5.74) is 0. The first-order chi connectivity index (χ1) is 4.61. The number of rotatable bonds is 1. The monoisotopic (exact) mass is 145 g/mol. The van der Waals surface area contributed by atoms with E-state index < -0.39 is 6.17 Å². The summed E-state index contributed by atoms with van der Waals surface area (Å²) in [4.78, 5) is 12.6. The van der Waals surface area contributed by atoms with E-state index in [2.05, 4.69) is 0 Å². The minimum Gasteiger partial charge on any atom is -0.337 e. The Bertz CT molecular complexity index is 141. The molecule has 0 aliphatic carbocycles. The minimum absolute atomic E-state index is 0.00694. The standard InChI is InChI=1S/C7H12FNO/c1-5(2)7(10)9-3-6(8)4-9/h5-6H,3-4H2,1-2H3. The van der Waals surface area contributed by atoms with Crippen LogP contribution < -0.4 is 0 Å². The summed E-state index contributed by atoms with van der Waals surface area (Å²) in [5, 5.41) is 0. The number of nitrogens with zero attached hydrogens (tertiary/aromatic N) is 1. The van der Waals surface area contributed by atoms with Gasteiger partial charge in [0.2, 0.25) is 5.91 Å². The lowest BCUT2D eigenvalue weighted by molar-refractivity contribution is -0.141. The Morgan fingerprint density at radius 3 is 2.40 bits per heavy atom. The Kier molecular flexibility index (Phi) is 1.92. The number of alkyl halides is 1. The first kappa shape index (κ1) is 7.51. The molecule has 1 heterocycles. The number of hydrogen-bond donors (Lipinski definition) is 0. The molecule has 1 rings (SSSR count). The van der Waals surface area contributed by atoms with Gasteiger partial charge < -0.3 is 4.90 Å². The molecular formula is C7H12FNO. The van der Waals surface area contributed by atoms with Crippen LogP contribution in [0.1, 0.15) is 13.8 Å². The summed E-state index contributed by atoms with van der Waals surface area (Å²) in [6.45, 7) is 4.26. The van der Waals surface area contributed by atoms with Crippen LogP contribution in [0.15, 0.2) is 0 Å². The van der Waals surface area contributed by atoms with E-state index in [0.717, 1.165) is 0 Å². The topological polar surface area (TPSA) is 20.3 Å². The van der Waals surface area contributed by atoms with Crippen molar-refractivity contribution in [2.75, 3.05) is 13.1 Å². The van der Waals surface area contributed by atoms with Gasteiger partial charge in [-0.3, -0.25) is 4.79 Å². The number of amides is 1. The normalized spacial score (nSPS) is 19.4. The summed E-state index contributed by atoms with van der Waals surface area (Å²) in [7, 11) is 0. The second-order valence-corrected chi connectivity index (χ2v) is 3.00. The van der Waals surface area contributed by atoms with E-state index in [-0.39, 0.29) is 11.8 Å². The van der Waals surface area contributed by atoms with Crippen molar-refractivity contribution in [2.24, 2.45) is 5.92 Å². The van der Waals surface area contributed by atoms with Gasteiger partial charge in [0.25, 0.3) is 0 Å². The quantitative estimate of drug-likeness (QED) is 0.535. The lowest BCUT2D eigenvalue weighted by atomic mass is 10.1. The second-order valence-electron chi connectivity index (χ2n) is 3.00. The molecular weight excluding hydrogens is 133 g/mol. The number of likely N-dealkylation sites (tertiary alicyclic amines) is 1. The Morgan fingerprint density at radius 2 is 2.10 bits per heavy atom. The van der Waals surface area contributed by atoms with Crippen molar-refractivity contribution in [1.29, 1.82) is 0 Å². The maximum atomic E-state index is 12.2. The summed E-state index contributed by atoms with van der Waals surface area (Å²) in [6, 6.07) is 0. The average molecular weight is 145 g/mol. The lowest BCUT2D eigenvalue weighted by Gasteiger charge is -2.35. The SMILES string of the molecule is CC(C)C(=O)N1CC(F)C1. The molecule has 1 saturated heterocycles. The fourth-order valence-electron chi connectivity index (χ4n) is 0.970. The van der Waals surface area contributed by atoms with Crippen molar-refractivity contribution < 1.29 is 9.18 Å². The second kappa shape index (κ2) is 2.56. The number of carbonyl (C=O) groups excluding carboxylic acids is 1. The predicted molar refractivity (Wildman–Crippen MR) is 36.3 cm³/mol. The highest BCUT2D eigenvalue weighted by Crippen LogP contribution is 2.14. The molecule has 2 nitrogen and oxygen atoms in total. The Morgan fingerprint density at radius 1 is 1.60 bits per heavy atom. The van der Waals surface area contributed by atoms with E-state index in [0.29, 0.717) is 13.1 Å². The molecule has 1 aliphatic heterocycles.